The van der Waals surface area contributed by atoms with Crippen molar-refractivity contribution >= 4 is 29.8 Å². The van der Waals surface area contributed by atoms with Gasteiger partial charge < -0.3 is 14.2 Å². The molecule has 0 aliphatic carbocycles. The number of halogens is 10. The minimum absolute atomic E-state index is 0.0229. The Kier molecular flexibility index (Phi) is 10.2. The molecule has 1 aliphatic heterocycles. The smallest absolute Gasteiger partial charge is 0.459 e. The van der Waals surface area contributed by atoms with E-state index in [1.54, 1.807) is 0 Å². The number of cyclic esters (lactones) is 1. The first kappa shape index (κ1) is 33.5. The van der Waals surface area contributed by atoms with Crippen LogP contribution in [0.2, 0.25) is 0 Å². The molecule has 228 valence electrons. The van der Waals surface area contributed by atoms with E-state index in [0.717, 1.165) is 6.08 Å². The molecule has 17 heteroatoms. The molecular formula is C24H20F10O7. The molecule has 1 unspecified atom stereocenters. The zero-order valence-electron chi connectivity index (χ0n) is 20.8. The highest BCUT2D eigenvalue weighted by atomic mass is 19.4. The topological polar surface area (TPSA) is 96.0 Å². The van der Waals surface area contributed by atoms with Crippen molar-refractivity contribution in [2.45, 2.75) is 75.8 Å². The molecule has 2 rings (SSSR count). The van der Waals surface area contributed by atoms with Crippen LogP contribution < -0.4 is 9.47 Å². The minimum atomic E-state index is -6.49. The molecule has 41 heavy (non-hydrogen) atoms. The lowest BCUT2D eigenvalue weighted by Gasteiger charge is -2.21. The summed E-state index contributed by atoms with van der Waals surface area (Å²) in [5, 5.41) is 0. The minimum Gasteiger partial charge on any atom is -0.459 e. The molecule has 1 aromatic rings. The normalized spacial score (nSPS) is 19.0. The van der Waals surface area contributed by atoms with Gasteiger partial charge in [-0.2, -0.15) is 43.9 Å². The molecule has 0 aromatic heterocycles. The fraction of sp³-hybridized carbons (Fsp3) is 0.500. The number of hydrogen-bond donors (Lipinski definition) is 0. The van der Waals surface area contributed by atoms with Gasteiger partial charge in [-0.05, 0) is 44.2 Å². The van der Waals surface area contributed by atoms with Crippen molar-refractivity contribution in [2.24, 2.45) is 0 Å². The van der Waals surface area contributed by atoms with Crippen molar-refractivity contribution in [1.82, 2.24) is 0 Å². The predicted octanol–water partition coefficient (Wildman–Crippen LogP) is 6.37. The molecule has 7 nitrogen and oxygen atoms in total. The van der Waals surface area contributed by atoms with Crippen LogP contribution in [0.4, 0.5) is 43.9 Å². The van der Waals surface area contributed by atoms with Crippen molar-refractivity contribution in [1.29, 1.82) is 0 Å². The first-order valence-electron chi connectivity index (χ1n) is 11.6. The van der Waals surface area contributed by atoms with Gasteiger partial charge in [0.15, 0.2) is 0 Å². The second-order valence-corrected chi connectivity index (χ2v) is 8.75. The molecule has 0 radical (unpaired) electrons. The Labute approximate surface area is 224 Å². The van der Waals surface area contributed by atoms with Crippen LogP contribution in [0.5, 0.6) is 11.5 Å². The first-order chi connectivity index (χ1) is 18.7. The van der Waals surface area contributed by atoms with Crippen molar-refractivity contribution < 1.29 is 77.3 Å². The lowest BCUT2D eigenvalue weighted by atomic mass is 10.0. The molecule has 0 N–H and O–H groups in total. The van der Waals surface area contributed by atoms with Crippen molar-refractivity contribution in [3.63, 3.8) is 0 Å². The number of ketones is 1. The second-order valence-electron chi connectivity index (χ2n) is 8.75. The molecule has 0 saturated carbocycles. The van der Waals surface area contributed by atoms with Gasteiger partial charge in [0.05, 0.1) is 6.10 Å². The quantitative estimate of drug-likeness (QED) is 0.222. The number of benzene rings is 1. The van der Waals surface area contributed by atoms with Gasteiger partial charge in [0.25, 0.3) is 0 Å². The summed E-state index contributed by atoms with van der Waals surface area (Å²) in [5.74, 6) is -23.3. The molecule has 0 bridgehead atoms. The molecule has 1 aromatic carbocycles. The Morgan fingerprint density at radius 1 is 0.829 bits per heavy atom. The Balaban J connectivity index is 2.70. The van der Waals surface area contributed by atoms with Gasteiger partial charge in [0, 0.05) is 18.9 Å². The summed E-state index contributed by atoms with van der Waals surface area (Å²) in [6.07, 6.45) is -11.0. The monoisotopic (exact) mass is 610 g/mol. The van der Waals surface area contributed by atoms with Crippen LogP contribution in [-0.2, 0) is 19.1 Å². The number of Topliss-reactive ketones (excluding diaryl/α,β-unsaturated/α-hetero) is 1. The largest absolute Gasteiger partial charge is 0.465 e. The highest BCUT2D eigenvalue weighted by Crippen LogP contribution is 2.40. The third kappa shape index (κ3) is 8.19. The number of esters is 3. The molecular weight excluding hydrogens is 590 g/mol. The Morgan fingerprint density at radius 2 is 1.37 bits per heavy atom. The Hall–Kier alpha value is -3.66. The van der Waals surface area contributed by atoms with E-state index < -0.39 is 70.8 Å². The number of alkyl halides is 10. The molecule has 1 heterocycles. The summed E-state index contributed by atoms with van der Waals surface area (Å²) >= 11 is 0. The van der Waals surface area contributed by atoms with Crippen molar-refractivity contribution in [2.75, 3.05) is 0 Å². The van der Waals surface area contributed by atoms with Crippen LogP contribution in [0.1, 0.15) is 61.4 Å². The van der Waals surface area contributed by atoms with Crippen LogP contribution in [0, 0.1) is 0 Å². The zero-order chi connectivity index (χ0) is 31.4. The highest BCUT2D eigenvalue weighted by molar-refractivity contribution is 5.98. The summed E-state index contributed by atoms with van der Waals surface area (Å²) in [6.45, 7) is 1.32. The fourth-order valence-electron chi connectivity index (χ4n) is 3.31. The number of fused-ring (bicyclic) bond motifs is 1. The van der Waals surface area contributed by atoms with E-state index in [2.05, 4.69) is 9.47 Å². The summed E-state index contributed by atoms with van der Waals surface area (Å²) in [6, 6.07) is 0.507. The zero-order valence-corrected chi connectivity index (χ0v) is 20.8. The van der Waals surface area contributed by atoms with Crippen LogP contribution in [0.3, 0.4) is 0 Å². The van der Waals surface area contributed by atoms with E-state index >= 15 is 0 Å². The summed E-state index contributed by atoms with van der Waals surface area (Å²) in [5.41, 5.74) is -1.67. The predicted molar refractivity (Wildman–Crippen MR) is 116 cm³/mol. The lowest BCUT2D eigenvalue weighted by Crippen LogP contribution is -2.46. The average molecular weight is 610 g/mol. The van der Waals surface area contributed by atoms with E-state index in [-0.39, 0.29) is 50.4 Å². The number of ether oxygens (including phenoxy) is 3. The first-order valence-corrected chi connectivity index (χ1v) is 11.6. The molecule has 1 atom stereocenters. The fourth-order valence-corrected chi connectivity index (χ4v) is 3.31. The SMILES string of the molecule is CC1CCCC(=O)CCC/C=C/c2cc(OC(=O)C(F)(F)C(F)(F)F)cc(OC(=O)C(F)(F)C(F)(F)F)c2C(=O)O1. The lowest BCUT2D eigenvalue weighted by molar-refractivity contribution is -0.276. The second kappa shape index (κ2) is 12.5. The highest BCUT2D eigenvalue weighted by Gasteiger charge is 2.66. The van der Waals surface area contributed by atoms with E-state index in [0.29, 0.717) is 6.07 Å². The van der Waals surface area contributed by atoms with Gasteiger partial charge >= 0.3 is 42.1 Å². The maximum Gasteiger partial charge on any atom is 0.465 e. The third-order valence-corrected chi connectivity index (χ3v) is 5.45. The van der Waals surface area contributed by atoms with Crippen LogP contribution in [0.25, 0.3) is 6.08 Å². The number of hydrogen-bond acceptors (Lipinski definition) is 7. The number of rotatable bonds is 4. The van der Waals surface area contributed by atoms with Crippen molar-refractivity contribution in [3.8, 4) is 11.5 Å². The number of carbonyl (C=O) groups is 4. The Bertz CT molecular complexity index is 1200. The van der Waals surface area contributed by atoms with E-state index in [1.807, 2.05) is 0 Å². The molecule has 1 aliphatic rings. The van der Waals surface area contributed by atoms with E-state index in [9.17, 15) is 63.1 Å². The summed E-state index contributed by atoms with van der Waals surface area (Å²) in [4.78, 5) is 48.2. The van der Waals surface area contributed by atoms with Gasteiger partial charge in [-0.25, -0.2) is 14.4 Å². The van der Waals surface area contributed by atoms with E-state index in [1.165, 1.54) is 13.0 Å². The summed E-state index contributed by atoms with van der Waals surface area (Å²) < 4.78 is 143. The maximum atomic E-state index is 13.6. The summed E-state index contributed by atoms with van der Waals surface area (Å²) in [7, 11) is 0. The van der Waals surface area contributed by atoms with Crippen LogP contribution in [-0.4, -0.2) is 54.0 Å². The van der Waals surface area contributed by atoms with Gasteiger partial charge in [-0.1, -0.05) is 12.2 Å². The van der Waals surface area contributed by atoms with Crippen molar-refractivity contribution in [3.05, 3.63) is 29.3 Å². The van der Waals surface area contributed by atoms with E-state index in [4.69, 9.17) is 4.74 Å². The number of carbonyl (C=O) groups excluding carboxylic acids is 4. The van der Waals surface area contributed by atoms with Crippen LogP contribution in [0.15, 0.2) is 18.2 Å². The van der Waals surface area contributed by atoms with Gasteiger partial charge in [0.2, 0.25) is 0 Å². The molecule has 0 spiro atoms. The molecule has 0 amide bonds. The third-order valence-electron chi connectivity index (χ3n) is 5.45. The van der Waals surface area contributed by atoms with Gasteiger partial charge in [0.1, 0.15) is 22.8 Å². The van der Waals surface area contributed by atoms with Gasteiger partial charge in [-0.3, -0.25) is 4.79 Å². The average Bonchev–Trinajstić information content (AvgIpc) is 2.81. The van der Waals surface area contributed by atoms with Gasteiger partial charge in [-0.15, -0.1) is 0 Å². The maximum absolute atomic E-state index is 13.6. The Morgan fingerprint density at radius 3 is 1.93 bits per heavy atom. The van der Waals surface area contributed by atoms with Crippen LogP contribution >= 0.6 is 0 Å². The number of allylic oxidation sites excluding steroid dienone is 1. The molecule has 0 fully saturated rings. The molecule has 0 saturated heterocycles. The standard InChI is InChI=1S/C24H20F10O7/c1-12-6-5-9-14(35)8-4-2-3-7-13-10-15(40-19(37)21(25,26)23(29,30)31)11-16(17(13)18(36)39-12)41-20(38)22(27,28)24(32,33)34/h3,7,10-12H,2,4-6,8-9H2,1H3/b7-3+.